The number of amidine groups is 1. The molecule has 1 aromatic rings. The van der Waals surface area contributed by atoms with E-state index in [0.717, 1.165) is 5.69 Å². The van der Waals surface area contributed by atoms with Gasteiger partial charge in [0, 0.05) is 24.7 Å². The Morgan fingerprint density at radius 3 is 2.58 bits per heavy atom. The number of hydrogen-bond acceptors (Lipinski definition) is 3. The smallest absolute Gasteiger partial charge is 0.322 e. The fraction of sp³-hybridized carbons (Fsp3) is 0.385. The number of para-hydroxylation sites is 1. The summed E-state index contributed by atoms with van der Waals surface area (Å²) in [4.78, 5) is 13.7. The van der Waals surface area contributed by atoms with E-state index >= 15 is 0 Å². The highest BCUT2D eigenvalue weighted by molar-refractivity contribution is 5.93. The molecule has 0 saturated heterocycles. The minimum absolute atomic E-state index is 0.0440. The lowest BCUT2D eigenvalue weighted by molar-refractivity contribution is 0.244. The summed E-state index contributed by atoms with van der Waals surface area (Å²) in [6.07, 6.45) is 0.302. The molecule has 19 heavy (non-hydrogen) atoms. The number of nitrogens with two attached hydrogens (primary N) is 1. The Hall–Kier alpha value is -2.24. The summed E-state index contributed by atoms with van der Waals surface area (Å²) in [5, 5.41) is 14.3. The minimum atomic E-state index is -0.202. The molecule has 0 unspecified atom stereocenters. The van der Waals surface area contributed by atoms with Gasteiger partial charge in [-0.05, 0) is 26.0 Å². The Labute approximate surface area is 112 Å². The van der Waals surface area contributed by atoms with Gasteiger partial charge in [-0.2, -0.15) is 0 Å². The number of urea groups is 1. The standard InChI is InChI=1S/C13H20N4O2/c1-10(2)15-13(18)17(9-8-12(14)16-19)11-6-4-3-5-7-11/h3-7,10,19H,8-9H2,1-2H3,(H2,14,16)(H,15,18). The van der Waals surface area contributed by atoms with Crippen LogP contribution in [0.4, 0.5) is 10.5 Å². The molecule has 1 rings (SSSR count). The molecule has 6 nitrogen and oxygen atoms in total. The quantitative estimate of drug-likeness (QED) is 0.327. The van der Waals surface area contributed by atoms with Crippen molar-refractivity contribution in [1.82, 2.24) is 5.32 Å². The van der Waals surface area contributed by atoms with Crippen molar-refractivity contribution >= 4 is 17.6 Å². The fourth-order valence-corrected chi connectivity index (χ4v) is 1.56. The largest absolute Gasteiger partial charge is 0.409 e. The molecule has 0 radical (unpaired) electrons. The number of nitrogens with zero attached hydrogens (tertiary/aromatic N) is 2. The third-order valence-corrected chi connectivity index (χ3v) is 2.45. The van der Waals surface area contributed by atoms with E-state index in [1.54, 1.807) is 4.90 Å². The van der Waals surface area contributed by atoms with Crippen molar-refractivity contribution in [2.75, 3.05) is 11.4 Å². The van der Waals surface area contributed by atoms with Crippen molar-refractivity contribution in [3.63, 3.8) is 0 Å². The van der Waals surface area contributed by atoms with Crippen LogP contribution >= 0.6 is 0 Å². The summed E-state index contributed by atoms with van der Waals surface area (Å²) < 4.78 is 0. The van der Waals surface area contributed by atoms with Crippen LogP contribution in [-0.4, -0.2) is 29.7 Å². The van der Waals surface area contributed by atoms with Gasteiger partial charge in [-0.15, -0.1) is 0 Å². The van der Waals surface area contributed by atoms with Crippen LogP contribution in [0.2, 0.25) is 0 Å². The molecule has 2 amide bonds. The fourth-order valence-electron chi connectivity index (χ4n) is 1.56. The molecule has 0 aliphatic carbocycles. The predicted molar refractivity (Wildman–Crippen MR) is 75.5 cm³/mol. The summed E-state index contributed by atoms with van der Waals surface area (Å²) in [6, 6.07) is 9.11. The number of anilines is 1. The molecule has 0 aromatic heterocycles. The average Bonchev–Trinajstić information content (AvgIpc) is 2.39. The number of benzene rings is 1. The van der Waals surface area contributed by atoms with Gasteiger partial charge in [0.15, 0.2) is 0 Å². The van der Waals surface area contributed by atoms with Crippen molar-refractivity contribution in [2.45, 2.75) is 26.3 Å². The molecule has 0 bridgehead atoms. The van der Waals surface area contributed by atoms with Crippen molar-refractivity contribution in [3.05, 3.63) is 30.3 Å². The second-order valence-electron chi connectivity index (χ2n) is 4.43. The van der Waals surface area contributed by atoms with E-state index in [9.17, 15) is 4.79 Å². The molecular formula is C13H20N4O2. The molecule has 4 N–H and O–H groups in total. The van der Waals surface area contributed by atoms with Crippen LogP contribution in [0.25, 0.3) is 0 Å². The number of hydrogen-bond donors (Lipinski definition) is 3. The number of carbonyl (C=O) groups is 1. The SMILES string of the molecule is CC(C)NC(=O)N(CC/C(N)=N/O)c1ccccc1. The molecule has 0 heterocycles. The first-order chi connectivity index (χ1) is 9.04. The Kier molecular flexibility index (Phi) is 5.66. The van der Waals surface area contributed by atoms with E-state index < -0.39 is 0 Å². The Bertz CT molecular complexity index is 432. The highest BCUT2D eigenvalue weighted by Crippen LogP contribution is 2.14. The average molecular weight is 264 g/mol. The van der Waals surface area contributed by atoms with E-state index in [4.69, 9.17) is 10.9 Å². The first kappa shape index (κ1) is 14.8. The van der Waals surface area contributed by atoms with Crippen LogP contribution in [0.3, 0.4) is 0 Å². The van der Waals surface area contributed by atoms with Gasteiger partial charge in [-0.1, -0.05) is 23.4 Å². The van der Waals surface area contributed by atoms with Gasteiger partial charge in [0.1, 0.15) is 5.84 Å². The van der Waals surface area contributed by atoms with Crippen LogP contribution in [0.5, 0.6) is 0 Å². The van der Waals surface area contributed by atoms with Gasteiger partial charge in [0.2, 0.25) is 0 Å². The number of amides is 2. The molecule has 0 aliphatic heterocycles. The first-order valence-corrected chi connectivity index (χ1v) is 6.14. The maximum absolute atomic E-state index is 12.1. The van der Waals surface area contributed by atoms with Gasteiger partial charge >= 0.3 is 6.03 Å². The van der Waals surface area contributed by atoms with E-state index in [0.29, 0.717) is 13.0 Å². The summed E-state index contributed by atoms with van der Waals surface area (Å²) in [5.74, 6) is 0.0956. The van der Waals surface area contributed by atoms with Crippen LogP contribution in [0.15, 0.2) is 35.5 Å². The monoisotopic (exact) mass is 264 g/mol. The Morgan fingerprint density at radius 1 is 1.42 bits per heavy atom. The number of nitrogens with one attached hydrogen (secondary N) is 1. The van der Waals surface area contributed by atoms with Crippen LogP contribution in [0, 0.1) is 0 Å². The Balaban J connectivity index is 2.82. The topological polar surface area (TPSA) is 91.0 Å². The lowest BCUT2D eigenvalue weighted by Crippen LogP contribution is -2.44. The molecule has 0 spiro atoms. The second kappa shape index (κ2) is 7.25. The molecule has 6 heteroatoms. The van der Waals surface area contributed by atoms with E-state index in [2.05, 4.69) is 10.5 Å². The number of carbonyl (C=O) groups excluding carboxylic acids is 1. The van der Waals surface area contributed by atoms with E-state index in [1.165, 1.54) is 0 Å². The second-order valence-corrected chi connectivity index (χ2v) is 4.43. The summed E-state index contributed by atoms with van der Waals surface area (Å²) in [7, 11) is 0. The number of oxime groups is 1. The van der Waals surface area contributed by atoms with Gasteiger partial charge in [0.25, 0.3) is 0 Å². The molecule has 0 atom stereocenters. The van der Waals surface area contributed by atoms with Crippen molar-refractivity contribution in [3.8, 4) is 0 Å². The maximum atomic E-state index is 12.1. The minimum Gasteiger partial charge on any atom is -0.409 e. The summed E-state index contributed by atoms with van der Waals surface area (Å²) in [5.41, 5.74) is 6.21. The van der Waals surface area contributed by atoms with Crippen molar-refractivity contribution in [2.24, 2.45) is 10.9 Å². The molecule has 0 aliphatic rings. The summed E-state index contributed by atoms with van der Waals surface area (Å²) in [6.45, 7) is 4.13. The van der Waals surface area contributed by atoms with Gasteiger partial charge in [-0.25, -0.2) is 4.79 Å². The third-order valence-electron chi connectivity index (χ3n) is 2.45. The van der Waals surface area contributed by atoms with Gasteiger partial charge < -0.3 is 16.3 Å². The lowest BCUT2D eigenvalue weighted by Gasteiger charge is -2.24. The van der Waals surface area contributed by atoms with Crippen molar-refractivity contribution in [1.29, 1.82) is 0 Å². The van der Waals surface area contributed by atoms with Crippen molar-refractivity contribution < 1.29 is 10.0 Å². The normalized spacial score (nSPS) is 11.4. The molecule has 1 aromatic carbocycles. The van der Waals surface area contributed by atoms with Crippen LogP contribution < -0.4 is 16.0 Å². The van der Waals surface area contributed by atoms with Gasteiger partial charge in [-0.3, -0.25) is 4.90 Å². The van der Waals surface area contributed by atoms with E-state index in [-0.39, 0.29) is 17.9 Å². The highest BCUT2D eigenvalue weighted by Gasteiger charge is 2.16. The zero-order chi connectivity index (χ0) is 14.3. The lowest BCUT2D eigenvalue weighted by atomic mass is 10.2. The highest BCUT2D eigenvalue weighted by atomic mass is 16.4. The Morgan fingerprint density at radius 2 is 2.05 bits per heavy atom. The van der Waals surface area contributed by atoms with Crippen LogP contribution in [-0.2, 0) is 0 Å². The van der Waals surface area contributed by atoms with Crippen LogP contribution in [0.1, 0.15) is 20.3 Å². The zero-order valence-electron chi connectivity index (χ0n) is 11.2. The first-order valence-electron chi connectivity index (χ1n) is 6.14. The zero-order valence-corrected chi connectivity index (χ0v) is 11.2. The third kappa shape index (κ3) is 4.87. The van der Waals surface area contributed by atoms with E-state index in [1.807, 2.05) is 44.2 Å². The summed E-state index contributed by atoms with van der Waals surface area (Å²) >= 11 is 0. The maximum Gasteiger partial charge on any atom is 0.322 e. The number of rotatable bonds is 5. The molecule has 0 fully saturated rings. The molecule has 0 saturated carbocycles. The van der Waals surface area contributed by atoms with Gasteiger partial charge in [0.05, 0.1) is 0 Å². The molecular weight excluding hydrogens is 244 g/mol. The molecule has 104 valence electrons. The predicted octanol–water partition coefficient (Wildman–Crippen LogP) is 1.75.